The summed E-state index contributed by atoms with van der Waals surface area (Å²) < 4.78 is 1.93. The van der Waals surface area contributed by atoms with Gasteiger partial charge in [0.05, 0.1) is 6.20 Å². The van der Waals surface area contributed by atoms with E-state index in [4.69, 9.17) is 5.73 Å². The van der Waals surface area contributed by atoms with Gasteiger partial charge in [-0.15, -0.1) is 0 Å². The van der Waals surface area contributed by atoms with E-state index in [1.165, 1.54) is 5.56 Å². The number of hydrogen-bond donors (Lipinski definition) is 1. The predicted molar refractivity (Wildman–Crippen MR) is 52.2 cm³/mol. The summed E-state index contributed by atoms with van der Waals surface area (Å²) in [4.78, 5) is 0. The summed E-state index contributed by atoms with van der Waals surface area (Å²) in [6.07, 6.45) is 5.03. The number of nitrogens with zero attached hydrogens (tertiary/aromatic N) is 2. The third kappa shape index (κ3) is 1.10. The lowest BCUT2D eigenvalue weighted by molar-refractivity contribution is 0.509. The molecule has 1 aliphatic rings. The third-order valence-corrected chi connectivity index (χ3v) is 3.28. The molecule has 0 amide bonds. The topological polar surface area (TPSA) is 43.8 Å². The number of hydrogen-bond acceptors (Lipinski definition) is 2. The molecule has 2 N–H and O–H groups in total. The van der Waals surface area contributed by atoms with Crippen molar-refractivity contribution in [3.63, 3.8) is 0 Å². The number of aryl methyl sites for hydroxylation is 1. The molecule has 72 valence electrons. The number of rotatable bonds is 2. The standard InChI is InChI=1S/C10H17N3/c1-4-13-6-8(5-12-13)10(11)7-9(10,2)3/h5-6H,4,7,11H2,1-3H3. The minimum atomic E-state index is -0.125. The lowest BCUT2D eigenvalue weighted by Gasteiger charge is -2.11. The van der Waals surface area contributed by atoms with Crippen molar-refractivity contribution in [3.8, 4) is 0 Å². The van der Waals surface area contributed by atoms with Gasteiger partial charge in [0.15, 0.2) is 0 Å². The molecule has 2 rings (SSSR count). The van der Waals surface area contributed by atoms with Crippen LogP contribution in [0.2, 0.25) is 0 Å². The Kier molecular flexibility index (Phi) is 1.58. The Morgan fingerprint density at radius 3 is 2.62 bits per heavy atom. The highest BCUT2D eigenvalue weighted by molar-refractivity contribution is 5.31. The van der Waals surface area contributed by atoms with Crippen LogP contribution in [0, 0.1) is 5.41 Å². The van der Waals surface area contributed by atoms with Crippen molar-refractivity contribution in [1.82, 2.24) is 9.78 Å². The van der Waals surface area contributed by atoms with Gasteiger partial charge in [-0.1, -0.05) is 13.8 Å². The Bertz CT molecular complexity index is 327. The zero-order valence-electron chi connectivity index (χ0n) is 8.54. The average Bonchev–Trinajstić information content (AvgIpc) is 2.53. The van der Waals surface area contributed by atoms with Gasteiger partial charge in [0.25, 0.3) is 0 Å². The van der Waals surface area contributed by atoms with Crippen LogP contribution in [0.25, 0.3) is 0 Å². The van der Waals surface area contributed by atoms with Crippen LogP contribution in [0.3, 0.4) is 0 Å². The lowest BCUT2D eigenvalue weighted by Crippen LogP contribution is -2.24. The molecule has 3 heteroatoms. The summed E-state index contributed by atoms with van der Waals surface area (Å²) in [5.74, 6) is 0. The predicted octanol–water partition coefficient (Wildman–Crippen LogP) is 1.49. The van der Waals surface area contributed by atoms with Gasteiger partial charge in [-0.3, -0.25) is 4.68 Å². The molecule has 1 unspecified atom stereocenters. The number of nitrogens with two attached hydrogens (primary N) is 1. The monoisotopic (exact) mass is 179 g/mol. The Hall–Kier alpha value is -0.830. The first-order valence-electron chi connectivity index (χ1n) is 4.81. The van der Waals surface area contributed by atoms with Crippen molar-refractivity contribution in [1.29, 1.82) is 0 Å². The second-order valence-electron chi connectivity index (χ2n) is 4.62. The van der Waals surface area contributed by atoms with E-state index in [0.717, 1.165) is 13.0 Å². The largest absolute Gasteiger partial charge is 0.321 e. The Balaban J connectivity index is 2.28. The molecule has 1 fully saturated rings. The van der Waals surface area contributed by atoms with E-state index in [9.17, 15) is 0 Å². The second-order valence-corrected chi connectivity index (χ2v) is 4.62. The summed E-state index contributed by atoms with van der Waals surface area (Å²) in [6, 6.07) is 0. The van der Waals surface area contributed by atoms with Crippen LogP contribution in [-0.4, -0.2) is 9.78 Å². The molecule has 1 heterocycles. The highest BCUT2D eigenvalue weighted by Gasteiger charge is 2.59. The van der Waals surface area contributed by atoms with Crippen molar-refractivity contribution in [2.75, 3.05) is 0 Å². The van der Waals surface area contributed by atoms with Gasteiger partial charge in [0.2, 0.25) is 0 Å². The summed E-state index contributed by atoms with van der Waals surface area (Å²) in [5.41, 5.74) is 7.56. The van der Waals surface area contributed by atoms with Crippen LogP contribution < -0.4 is 5.73 Å². The van der Waals surface area contributed by atoms with Crippen LogP contribution in [0.1, 0.15) is 32.8 Å². The SMILES string of the molecule is CCn1cc(C2(N)CC2(C)C)cn1. The molecule has 1 saturated carbocycles. The minimum absolute atomic E-state index is 0.125. The molecule has 3 nitrogen and oxygen atoms in total. The van der Waals surface area contributed by atoms with Crippen molar-refractivity contribution in [2.45, 2.75) is 39.3 Å². The van der Waals surface area contributed by atoms with Crippen LogP contribution >= 0.6 is 0 Å². The van der Waals surface area contributed by atoms with Gasteiger partial charge in [0, 0.05) is 23.8 Å². The van der Waals surface area contributed by atoms with E-state index in [2.05, 4.69) is 32.1 Å². The molecular formula is C10H17N3. The molecule has 1 aromatic rings. The molecule has 1 atom stereocenters. The van der Waals surface area contributed by atoms with E-state index in [-0.39, 0.29) is 11.0 Å². The summed E-state index contributed by atoms with van der Waals surface area (Å²) >= 11 is 0. The maximum Gasteiger partial charge on any atom is 0.0540 e. The quantitative estimate of drug-likeness (QED) is 0.747. The van der Waals surface area contributed by atoms with E-state index in [0.29, 0.717) is 0 Å². The molecule has 13 heavy (non-hydrogen) atoms. The fourth-order valence-electron chi connectivity index (χ4n) is 1.91. The van der Waals surface area contributed by atoms with Gasteiger partial charge in [-0.05, 0) is 18.8 Å². The molecule has 0 aliphatic heterocycles. The van der Waals surface area contributed by atoms with Crippen LogP contribution in [0.4, 0.5) is 0 Å². The number of aromatic nitrogens is 2. The van der Waals surface area contributed by atoms with Gasteiger partial charge in [-0.2, -0.15) is 5.10 Å². The first kappa shape index (κ1) is 8.75. The lowest BCUT2D eigenvalue weighted by atomic mass is 10.0. The first-order chi connectivity index (χ1) is 5.99. The molecule has 1 aromatic heterocycles. The Morgan fingerprint density at radius 1 is 1.62 bits per heavy atom. The zero-order chi connectivity index (χ0) is 9.69. The highest BCUT2D eigenvalue weighted by Crippen LogP contribution is 2.60. The summed E-state index contributed by atoms with van der Waals surface area (Å²) in [6.45, 7) is 7.40. The summed E-state index contributed by atoms with van der Waals surface area (Å²) in [5, 5.41) is 4.24. The molecule has 0 aromatic carbocycles. The average molecular weight is 179 g/mol. The molecule has 0 bridgehead atoms. The van der Waals surface area contributed by atoms with Crippen LogP contribution in [0.5, 0.6) is 0 Å². The smallest absolute Gasteiger partial charge is 0.0540 e. The third-order valence-electron chi connectivity index (χ3n) is 3.28. The maximum absolute atomic E-state index is 6.26. The Labute approximate surface area is 78.9 Å². The van der Waals surface area contributed by atoms with E-state index in [1.807, 2.05) is 10.9 Å². The fraction of sp³-hybridized carbons (Fsp3) is 0.700. The van der Waals surface area contributed by atoms with E-state index < -0.39 is 0 Å². The first-order valence-corrected chi connectivity index (χ1v) is 4.81. The van der Waals surface area contributed by atoms with Crippen molar-refractivity contribution < 1.29 is 0 Å². The molecular weight excluding hydrogens is 162 g/mol. The normalized spacial score (nSPS) is 30.5. The fourth-order valence-corrected chi connectivity index (χ4v) is 1.91. The van der Waals surface area contributed by atoms with E-state index >= 15 is 0 Å². The van der Waals surface area contributed by atoms with E-state index in [1.54, 1.807) is 0 Å². The van der Waals surface area contributed by atoms with Gasteiger partial charge < -0.3 is 5.73 Å². The van der Waals surface area contributed by atoms with Crippen LogP contribution in [-0.2, 0) is 12.1 Å². The minimum Gasteiger partial charge on any atom is -0.321 e. The maximum atomic E-state index is 6.26. The van der Waals surface area contributed by atoms with Gasteiger partial charge in [0.1, 0.15) is 0 Å². The van der Waals surface area contributed by atoms with Crippen molar-refractivity contribution >= 4 is 0 Å². The second kappa shape index (κ2) is 2.35. The molecule has 0 radical (unpaired) electrons. The molecule has 0 saturated heterocycles. The van der Waals surface area contributed by atoms with Gasteiger partial charge >= 0.3 is 0 Å². The van der Waals surface area contributed by atoms with Gasteiger partial charge in [-0.25, -0.2) is 0 Å². The Morgan fingerprint density at radius 2 is 2.23 bits per heavy atom. The zero-order valence-corrected chi connectivity index (χ0v) is 8.54. The van der Waals surface area contributed by atoms with Crippen molar-refractivity contribution in [2.24, 2.45) is 11.1 Å². The molecule has 1 aliphatic carbocycles. The highest BCUT2D eigenvalue weighted by atomic mass is 15.3. The summed E-state index contributed by atoms with van der Waals surface area (Å²) in [7, 11) is 0. The van der Waals surface area contributed by atoms with Crippen molar-refractivity contribution in [3.05, 3.63) is 18.0 Å². The van der Waals surface area contributed by atoms with Crippen LogP contribution in [0.15, 0.2) is 12.4 Å². The molecule has 0 spiro atoms.